The molecule has 0 aliphatic carbocycles. The van der Waals surface area contributed by atoms with Crippen LogP contribution in [0.15, 0.2) is 30.3 Å². The number of nitrogens with two attached hydrogens (primary N) is 3. The zero-order valence-corrected chi connectivity index (χ0v) is 12.4. The summed E-state index contributed by atoms with van der Waals surface area (Å²) in [5, 5.41) is 8.78. The number of rotatable bonds is 3. The molecule has 1 aromatic rings. The second-order valence-electron chi connectivity index (χ2n) is 3.23. The Balaban J connectivity index is -0.000000375. The zero-order valence-electron chi connectivity index (χ0n) is 12.4. The molecule has 0 fully saturated rings. The zero-order chi connectivity index (χ0) is 15.9. The van der Waals surface area contributed by atoms with Crippen LogP contribution in [0.1, 0.15) is 13.8 Å². The van der Waals surface area contributed by atoms with E-state index in [2.05, 4.69) is 17.2 Å². The Labute approximate surface area is 115 Å². The maximum Gasteiger partial charge on any atom is 0.347 e. The predicted molar refractivity (Wildman–Crippen MR) is 79.1 cm³/mol. The van der Waals surface area contributed by atoms with E-state index in [4.69, 9.17) is 9.84 Å². The van der Waals surface area contributed by atoms with E-state index in [-0.39, 0.29) is 0 Å². The topological polar surface area (TPSA) is 125 Å². The van der Waals surface area contributed by atoms with Crippen molar-refractivity contribution >= 4 is 5.97 Å². The maximum atomic E-state index is 10.7. The fourth-order valence-corrected chi connectivity index (χ4v) is 0.827. The van der Waals surface area contributed by atoms with Crippen LogP contribution in [0.3, 0.4) is 0 Å². The van der Waals surface area contributed by atoms with Crippen molar-refractivity contribution in [3.63, 3.8) is 0 Å². The van der Waals surface area contributed by atoms with Crippen LogP contribution in [0.5, 0.6) is 5.75 Å². The van der Waals surface area contributed by atoms with E-state index in [9.17, 15) is 4.79 Å². The van der Waals surface area contributed by atoms with Gasteiger partial charge in [0.15, 0.2) is 5.60 Å². The van der Waals surface area contributed by atoms with Crippen LogP contribution in [0, 0.1) is 0 Å². The van der Waals surface area contributed by atoms with E-state index in [0.29, 0.717) is 5.75 Å². The van der Waals surface area contributed by atoms with Gasteiger partial charge in [-0.05, 0) is 47.1 Å². The normalized spacial score (nSPS) is 8.42. The Morgan fingerprint density at radius 1 is 1.00 bits per heavy atom. The highest BCUT2D eigenvalue weighted by atomic mass is 16.5. The van der Waals surface area contributed by atoms with Crippen molar-refractivity contribution in [2.24, 2.45) is 17.2 Å². The third-order valence-corrected chi connectivity index (χ3v) is 1.63. The van der Waals surface area contributed by atoms with Crippen molar-refractivity contribution in [1.82, 2.24) is 0 Å². The summed E-state index contributed by atoms with van der Waals surface area (Å²) < 4.78 is 5.26. The van der Waals surface area contributed by atoms with Gasteiger partial charge in [0.2, 0.25) is 0 Å². The molecule has 6 heteroatoms. The molecule has 0 radical (unpaired) electrons. The van der Waals surface area contributed by atoms with Gasteiger partial charge in [0.05, 0.1) is 0 Å². The van der Waals surface area contributed by atoms with Gasteiger partial charge in [-0.15, -0.1) is 0 Å². The van der Waals surface area contributed by atoms with Gasteiger partial charge in [0, 0.05) is 0 Å². The van der Waals surface area contributed by atoms with Crippen molar-refractivity contribution in [3.05, 3.63) is 30.3 Å². The Morgan fingerprint density at radius 2 is 1.37 bits per heavy atom. The van der Waals surface area contributed by atoms with Crippen molar-refractivity contribution < 1.29 is 14.6 Å². The largest absolute Gasteiger partial charge is 0.478 e. The number of carbonyl (C=O) groups is 1. The lowest BCUT2D eigenvalue weighted by molar-refractivity contribution is -0.152. The van der Waals surface area contributed by atoms with Crippen LogP contribution in [-0.2, 0) is 4.79 Å². The van der Waals surface area contributed by atoms with Gasteiger partial charge in [-0.2, -0.15) is 0 Å². The quantitative estimate of drug-likeness (QED) is 0.641. The lowest BCUT2D eigenvalue weighted by Crippen LogP contribution is -2.37. The lowest BCUT2D eigenvalue weighted by atomic mass is 10.1. The number of carboxylic acids is 1. The molecule has 7 N–H and O–H groups in total. The summed E-state index contributed by atoms with van der Waals surface area (Å²) in [5.74, 6) is -0.411. The second kappa shape index (κ2) is 14.4. The number of hydrogen-bond donors (Lipinski definition) is 4. The predicted octanol–water partition coefficient (Wildman–Crippen LogP) is 0.653. The van der Waals surface area contributed by atoms with Crippen LogP contribution < -0.4 is 21.9 Å². The number of hydrogen-bond acceptors (Lipinski definition) is 5. The first-order valence-corrected chi connectivity index (χ1v) is 5.73. The molecule has 19 heavy (non-hydrogen) atoms. The molecule has 0 unspecified atom stereocenters. The van der Waals surface area contributed by atoms with E-state index in [1.54, 1.807) is 24.3 Å². The SMILES string of the molecule is CC(C)(Oc1ccccc1)C(=O)O.CN.CN.CN. The number of carboxylic acid groups (broad SMARTS) is 1. The molecular formula is C13H27N3O3. The van der Waals surface area contributed by atoms with Gasteiger partial charge in [-0.25, -0.2) is 4.79 Å². The highest BCUT2D eigenvalue weighted by Gasteiger charge is 2.29. The Morgan fingerprint density at radius 3 is 1.68 bits per heavy atom. The summed E-state index contributed by atoms with van der Waals surface area (Å²) in [7, 11) is 4.50. The Kier molecular flexibility index (Phi) is 17.1. The van der Waals surface area contributed by atoms with Gasteiger partial charge < -0.3 is 27.0 Å². The molecule has 0 heterocycles. The molecule has 1 rings (SSSR count). The maximum absolute atomic E-state index is 10.7. The first-order chi connectivity index (χ1) is 9.02. The minimum atomic E-state index is -1.18. The Hall–Kier alpha value is -1.63. The molecule has 0 aliphatic rings. The fraction of sp³-hybridized carbons (Fsp3) is 0.462. The van der Waals surface area contributed by atoms with Gasteiger partial charge in [0.25, 0.3) is 0 Å². The fourth-order valence-electron chi connectivity index (χ4n) is 0.827. The van der Waals surface area contributed by atoms with Crippen molar-refractivity contribution in [2.75, 3.05) is 21.1 Å². The van der Waals surface area contributed by atoms with E-state index in [1.165, 1.54) is 35.0 Å². The summed E-state index contributed by atoms with van der Waals surface area (Å²) in [6, 6.07) is 8.90. The van der Waals surface area contributed by atoms with Crippen LogP contribution in [-0.4, -0.2) is 37.8 Å². The van der Waals surface area contributed by atoms with Gasteiger partial charge in [0.1, 0.15) is 5.75 Å². The first kappa shape index (κ1) is 22.5. The first-order valence-electron chi connectivity index (χ1n) is 5.73. The van der Waals surface area contributed by atoms with E-state index in [0.717, 1.165) is 0 Å². The number of aliphatic carboxylic acids is 1. The summed E-state index contributed by atoms with van der Waals surface area (Å²) in [5.41, 5.74) is 12.3. The van der Waals surface area contributed by atoms with Crippen molar-refractivity contribution in [1.29, 1.82) is 0 Å². The van der Waals surface area contributed by atoms with Crippen molar-refractivity contribution in [3.8, 4) is 5.75 Å². The molecule has 0 bridgehead atoms. The van der Waals surface area contributed by atoms with E-state index in [1.807, 2.05) is 6.07 Å². The Bertz CT molecular complexity index is 303. The van der Waals surface area contributed by atoms with Crippen LogP contribution in [0.2, 0.25) is 0 Å². The highest BCUT2D eigenvalue weighted by Crippen LogP contribution is 2.17. The molecule has 6 nitrogen and oxygen atoms in total. The van der Waals surface area contributed by atoms with Gasteiger partial charge in [-0.3, -0.25) is 0 Å². The highest BCUT2D eigenvalue weighted by molar-refractivity contribution is 5.76. The number of benzene rings is 1. The smallest absolute Gasteiger partial charge is 0.347 e. The average molecular weight is 273 g/mol. The molecule has 0 aromatic heterocycles. The minimum Gasteiger partial charge on any atom is -0.478 e. The molecule has 1 aromatic carbocycles. The van der Waals surface area contributed by atoms with Gasteiger partial charge in [-0.1, -0.05) is 18.2 Å². The van der Waals surface area contributed by atoms with Crippen LogP contribution in [0.25, 0.3) is 0 Å². The molecule has 0 aliphatic heterocycles. The van der Waals surface area contributed by atoms with Crippen molar-refractivity contribution in [2.45, 2.75) is 19.4 Å². The minimum absolute atomic E-state index is 0.565. The third kappa shape index (κ3) is 11.2. The third-order valence-electron chi connectivity index (χ3n) is 1.63. The molecule has 0 amide bonds. The molecular weight excluding hydrogens is 246 g/mol. The van der Waals surface area contributed by atoms with Crippen LogP contribution in [0.4, 0.5) is 0 Å². The number of ether oxygens (including phenoxy) is 1. The summed E-state index contributed by atoms with van der Waals surface area (Å²) in [6.45, 7) is 3.03. The summed E-state index contributed by atoms with van der Waals surface area (Å²) >= 11 is 0. The van der Waals surface area contributed by atoms with E-state index < -0.39 is 11.6 Å². The molecule has 0 atom stereocenters. The lowest BCUT2D eigenvalue weighted by Gasteiger charge is -2.21. The standard InChI is InChI=1S/C10H12O3.3CH5N/c1-10(2,9(11)12)13-8-6-4-3-5-7-8;3*1-2/h3-7H,1-2H3,(H,11,12);3*2H2,1H3. The molecule has 0 saturated carbocycles. The monoisotopic (exact) mass is 273 g/mol. The van der Waals surface area contributed by atoms with Crippen LogP contribution >= 0.6 is 0 Å². The molecule has 0 saturated heterocycles. The summed E-state index contributed by atoms with van der Waals surface area (Å²) in [6.07, 6.45) is 0. The van der Waals surface area contributed by atoms with E-state index >= 15 is 0 Å². The average Bonchev–Trinajstić information content (AvgIpc) is 2.46. The molecule has 112 valence electrons. The second-order valence-corrected chi connectivity index (χ2v) is 3.23. The summed E-state index contributed by atoms with van der Waals surface area (Å²) in [4.78, 5) is 10.7. The van der Waals surface area contributed by atoms with Gasteiger partial charge >= 0.3 is 5.97 Å². The number of para-hydroxylation sites is 1. The molecule has 0 spiro atoms.